The van der Waals surface area contributed by atoms with Crippen molar-refractivity contribution in [2.45, 2.75) is 0 Å². The first-order valence-corrected chi connectivity index (χ1v) is 14.3. The summed E-state index contributed by atoms with van der Waals surface area (Å²) in [4.78, 5) is 9.10. The highest BCUT2D eigenvalue weighted by molar-refractivity contribution is 6.31. The number of hydrogen-bond donors (Lipinski definition) is 1. The Morgan fingerprint density at radius 3 is 1.98 bits per heavy atom. The van der Waals surface area contributed by atoms with Crippen molar-refractivity contribution < 1.29 is 4.74 Å². The fourth-order valence-corrected chi connectivity index (χ4v) is 5.76. The van der Waals surface area contributed by atoms with Gasteiger partial charge in [0.1, 0.15) is 11.6 Å². The molecule has 0 fully saturated rings. The molecule has 0 bridgehead atoms. The van der Waals surface area contributed by atoms with Crippen LogP contribution in [0.25, 0.3) is 61.8 Å². The van der Waals surface area contributed by atoms with Crippen LogP contribution in [0.15, 0.2) is 127 Å². The molecule has 0 amide bonds. The molecule has 0 spiro atoms. The molecule has 2 aromatic heterocycles. The third kappa shape index (κ3) is 4.65. The normalized spacial score (nSPS) is 11.2. The quantitative estimate of drug-likeness (QED) is 0.211. The van der Waals surface area contributed by atoms with Gasteiger partial charge >= 0.3 is 0 Å². The number of nitrogens with zero attached hydrogens (tertiary/aromatic N) is 2. The molecule has 0 saturated carbocycles. The molecule has 7 rings (SSSR count). The van der Waals surface area contributed by atoms with E-state index >= 15 is 0 Å². The zero-order valence-electron chi connectivity index (χ0n) is 22.7. The molecule has 4 nitrogen and oxygen atoms in total. The SMILES string of the molecule is COc1ccc(-n2c(-c3c(-c4ccc(Cl)cc4)[nH]c4ccc(Cl)cc34)nc(-c3ccccc3)c2-c2ccccc2)cc1. The minimum Gasteiger partial charge on any atom is -0.497 e. The molecule has 1 N–H and O–H groups in total. The second kappa shape index (κ2) is 10.9. The van der Waals surface area contributed by atoms with Crippen molar-refractivity contribution in [1.82, 2.24) is 14.5 Å². The van der Waals surface area contributed by atoms with Gasteiger partial charge in [0.05, 0.1) is 29.8 Å². The van der Waals surface area contributed by atoms with Gasteiger partial charge in [0.2, 0.25) is 0 Å². The third-order valence-corrected chi connectivity index (χ3v) is 7.91. The van der Waals surface area contributed by atoms with Gasteiger partial charge in [-0.15, -0.1) is 0 Å². The van der Waals surface area contributed by atoms with E-state index in [1.807, 2.05) is 78.9 Å². The van der Waals surface area contributed by atoms with Gasteiger partial charge in [-0.25, -0.2) is 4.98 Å². The first-order valence-electron chi connectivity index (χ1n) is 13.6. The molecular formula is C36H25Cl2N3O. The Labute approximate surface area is 253 Å². The molecule has 0 atom stereocenters. The average molecular weight is 587 g/mol. The highest BCUT2D eigenvalue weighted by atomic mass is 35.5. The third-order valence-electron chi connectivity index (χ3n) is 7.42. The van der Waals surface area contributed by atoms with Crippen LogP contribution in [0.4, 0.5) is 0 Å². The Hall–Kier alpha value is -4.77. The number of aromatic nitrogens is 3. The van der Waals surface area contributed by atoms with Crippen LogP contribution in [0.3, 0.4) is 0 Å². The molecule has 0 saturated heterocycles. The van der Waals surface area contributed by atoms with Gasteiger partial charge in [-0.3, -0.25) is 4.57 Å². The largest absolute Gasteiger partial charge is 0.497 e. The number of benzene rings is 5. The number of aromatic amines is 1. The summed E-state index contributed by atoms with van der Waals surface area (Å²) < 4.78 is 7.74. The number of fused-ring (bicyclic) bond motifs is 1. The maximum atomic E-state index is 6.60. The predicted octanol–water partition coefficient (Wildman–Crippen LogP) is 10.3. The van der Waals surface area contributed by atoms with E-state index in [9.17, 15) is 0 Å². The Bertz CT molecular complexity index is 2010. The number of rotatable bonds is 6. The summed E-state index contributed by atoms with van der Waals surface area (Å²) in [6.45, 7) is 0. The molecule has 6 heteroatoms. The van der Waals surface area contributed by atoms with E-state index in [1.165, 1.54) is 0 Å². The lowest BCUT2D eigenvalue weighted by Gasteiger charge is -2.15. The summed E-state index contributed by atoms with van der Waals surface area (Å²) in [7, 11) is 1.68. The summed E-state index contributed by atoms with van der Waals surface area (Å²) in [6.07, 6.45) is 0. The van der Waals surface area contributed by atoms with Gasteiger partial charge in [0.25, 0.3) is 0 Å². The summed E-state index contributed by atoms with van der Waals surface area (Å²) in [5.74, 6) is 1.57. The van der Waals surface area contributed by atoms with Crippen molar-refractivity contribution in [2.24, 2.45) is 0 Å². The predicted molar refractivity (Wildman–Crippen MR) is 174 cm³/mol. The highest BCUT2D eigenvalue weighted by Crippen LogP contribution is 2.44. The van der Waals surface area contributed by atoms with Crippen molar-refractivity contribution in [3.63, 3.8) is 0 Å². The van der Waals surface area contributed by atoms with E-state index in [0.29, 0.717) is 10.0 Å². The first kappa shape index (κ1) is 26.1. The Balaban J connectivity index is 1.63. The fraction of sp³-hybridized carbons (Fsp3) is 0.0278. The van der Waals surface area contributed by atoms with E-state index in [4.69, 9.17) is 32.9 Å². The van der Waals surface area contributed by atoms with Gasteiger partial charge < -0.3 is 9.72 Å². The lowest BCUT2D eigenvalue weighted by Crippen LogP contribution is -2.01. The Morgan fingerprint density at radius 2 is 1.31 bits per heavy atom. The number of imidazole rings is 1. The summed E-state index contributed by atoms with van der Waals surface area (Å²) in [5.41, 5.74) is 8.74. The summed E-state index contributed by atoms with van der Waals surface area (Å²) >= 11 is 12.9. The van der Waals surface area contributed by atoms with Gasteiger partial charge in [-0.05, 0) is 60.2 Å². The van der Waals surface area contributed by atoms with Crippen molar-refractivity contribution in [2.75, 3.05) is 7.11 Å². The maximum Gasteiger partial charge on any atom is 0.148 e. The number of nitrogens with one attached hydrogen (secondary N) is 1. The van der Waals surface area contributed by atoms with Crippen molar-refractivity contribution in [3.05, 3.63) is 137 Å². The van der Waals surface area contributed by atoms with E-state index in [0.717, 1.165) is 67.5 Å². The van der Waals surface area contributed by atoms with Crippen LogP contribution in [0, 0.1) is 0 Å². The molecule has 7 aromatic rings. The molecular weight excluding hydrogens is 561 g/mol. The molecule has 2 heterocycles. The van der Waals surface area contributed by atoms with Crippen LogP contribution in [0.1, 0.15) is 0 Å². The number of methoxy groups -OCH3 is 1. The molecule has 0 unspecified atom stereocenters. The molecule has 204 valence electrons. The maximum absolute atomic E-state index is 6.60. The fourth-order valence-electron chi connectivity index (χ4n) is 5.46. The highest BCUT2D eigenvalue weighted by Gasteiger charge is 2.27. The minimum absolute atomic E-state index is 0.652. The molecule has 0 aliphatic rings. The average Bonchev–Trinajstić information content (AvgIpc) is 3.61. The standard InChI is InChI=1S/C36H25Cl2N3O/c1-42-29-19-17-28(18-20-29)41-35(25-10-6-3-7-11-25)34(23-8-4-2-5-9-23)40-36(41)32-30-22-27(38)16-21-31(30)39-33(32)24-12-14-26(37)15-13-24/h2-22,39H,1H3. The van der Waals surface area contributed by atoms with Crippen LogP contribution < -0.4 is 4.74 Å². The zero-order valence-corrected chi connectivity index (χ0v) is 24.2. The van der Waals surface area contributed by atoms with Gasteiger partial charge in [0, 0.05) is 37.8 Å². The number of H-pyrrole nitrogens is 1. The van der Waals surface area contributed by atoms with Crippen LogP contribution in [0.2, 0.25) is 10.0 Å². The molecule has 5 aromatic carbocycles. The van der Waals surface area contributed by atoms with E-state index in [-0.39, 0.29) is 0 Å². The van der Waals surface area contributed by atoms with Gasteiger partial charge in [-0.2, -0.15) is 0 Å². The van der Waals surface area contributed by atoms with E-state index < -0.39 is 0 Å². The number of ether oxygens (including phenoxy) is 1. The second-order valence-electron chi connectivity index (χ2n) is 9.97. The lowest BCUT2D eigenvalue weighted by molar-refractivity contribution is 0.415. The smallest absolute Gasteiger partial charge is 0.148 e. The van der Waals surface area contributed by atoms with Crippen LogP contribution in [-0.2, 0) is 0 Å². The van der Waals surface area contributed by atoms with E-state index in [1.54, 1.807) is 7.11 Å². The number of hydrogen-bond acceptors (Lipinski definition) is 2. The van der Waals surface area contributed by atoms with E-state index in [2.05, 4.69) is 58.1 Å². The molecule has 0 aliphatic heterocycles. The van der Waals surface area contributed by atoms with Crippen molar-refractivity contribution >= 4 is 34.1 Å². The lowest BCUT2D eigenvalue weighted by atomic mass is 10.0. The van der Waals surface area contributed by atoms with Crippen molar-refractivity contribution in [1.29, 1.82) is 0 Å². The second-order valence-corrected chi connectivity index (χ2v) is 10.8. The van der Waals surface area contributed by atoms with Crippen LogP contribution in [0.5, 0.6) is 5.75 Å². The monoisotopic (exact) mass is 585 g/mol. The Morgan fingerprint density at radius 1 is 0.667 bits per heavy atom. The topological polar surface area (TPSA) is 42.8 Å². The van der Waals surface area contributed by atoms with Crippen LogP contribution >= 0.6 is 23.2 Å². The van der Waals surface area contributed by atoms with Gasteiger partial charge in [-0.1, -0.05) is 96.0 Å². The zero-order chi connectivity index (χ0) is 28.6. The van der Waals surface area contributed by atoms with Gasteiger partial charge in [0.15, 0.2) is 0 Å². The van der Waals surface area contributed by atoms with Crippen molar-refractivity contribution in [3.8, 4) is 56.6 Å². The molecule has 42 heavy (non-hydrogen) atoms. The summed E-state index contributed by atoms with van der Waals surface area (Å²) in [5, 5.41) is 2.31. The van der Waals surface area contributed by atoms with Crippen LogP contribution in [-0.4, -0.2) is 21.6 Å². The first-order chi connectivity index (χ1) is 20.6. The molecule has 0 aliphatic carbocycles. The number of halogens is 2. The summed E-state index contributed by atoms with van der Waals surface area (Å²) in [6, 6.07) is 42.5. The molecule has 0 radical (unpaired) electrons. The minimum atomic E-state index is 0.652. The Kier molecular flexibility index (Phi) is 6.79.